The second-order valence-electron chi connectivity index (χ2n) is 4.70. The summed E-state index contributed by atoms with van der Waals surface area (Å²) in [5, 5.41) is 5.21. The molecule has 0 fully saturated rings. The van der Waals surface area contributed by atoms with Crippen molar-refractivity contribution in [2.45, 2.75) is 26.7 Å². The molecule has 0 bridgehead atoms. The predicted octanol–water partition coefficient (Wildman–Crippen LogP) is 4.36. The molecule has 2 rings (SSSR count). The Morgan fingerprint density at radius 3 is 2.71 bits per heavy atom. The molecule has 2 aromatic rings. The molecule has 0 aromatic carbocycles. The lowest BCUT2D eigenvalue weighted by Gasteiger charge is -2.04. The Hall–Kier alpha value is -1.66. The van der Waals surface area contributed by atoms with Crippen molar-refractivity contribution in [2.75, 3.05) is 11.9 Å². The van der Waals surface area contributed by atoms with Crippen molar-refractivity contribution in [1.82, 2.24) is 0 Å². The van der Waals surface area contributed by atoms with Gasteiger partial charge in [0.2, 0.25) is 0 Å². The fourth-order valence-corrected chi connectivity index (χ4v) is 3.38. The molecule has 0 spiro atoms. The molecule has 112 valence electrons. The second kappa shape index (κ2) is 6.87. The van der Waals surface area contributed by atoms with E-state index in [0.29, 0.717) is 22.0 Å². The standard InChI is InChI=1S/C15H17NO3S2/c1-4-19-15(18)10-8-12(9(2)3)21-14(10)16-13(17)11-6-5-7-20-11/h5-9H,4H2,1-3H3,(H,16,17). The maximum Gasteiger partial charge on any atom is 0.341 e. The molecular formula is C15H17NO3S2. The smallest absolute Gasteiger partial charge is 0.341 e. The first-order valence-corrected chi connectivity index (χ1v) is 8.38. The molecule has 2 heterocycles. The van der Waals surface area contributed by atoms with E-state index in [1.54, 1.807) is 19.1 Å². The van der Waals surface area contributed by atoms with Gasteiger partial charge in [0.25, 0.3) is 5.91 Å². The highest BCUT2D eigenvalue weighted by atomic mass is 32.1. The summed E-state index contributed by atoms with van der Waals surface area (Å²) in [6.07, 6.45) is 0. The molecule has 0 unspecified atom stereocenters. The lowest BCUT2D eigenvalue weighted by Crippen LogP contribution is -2.13. The molecule has 0 aliphatic carbocycles. The van der Waals surface area contributed by atoms with Crippen LogP contribution in [-0.2, 0) is 4.74 Å². The third kappa shape index (κ3) is 3.71. The normalized spacial score (nSPS) is 10.7. The lowest BCUT2D eigenvalue weighted by atomic mass is 10.1. The number of amides is 1. The molecule has 0 radical (unpaired) electrons. The van der Waals surface area contributed by atoms with Crippen molar-refractivity contribution in [3.63, 3.8) is 0 Å². The highest BCUT2D eigenvalue weighted by Gasteiger charge is 2.20. The predicted molar refractivity (Wildman–Crippen MR) is 86.6 cm³/mol. The molecule has 0 aliphatic heterocycles. The fourth-order valence-electron chi connectivity index (χ4n) is 1.72. The number of carbonyl (C=O) groups is 2. The Labute approximate surface area is 131 Å². The Morgan fingerprint density at radius 2 is 2.14 bits per heavy atom. The summed E-state index contributed by atoms with van der Waals surface area (Å²) >= 11 is 2.78. The number of rotatable bonds is 5. The van der Waals surface area contributed by atoms with E-state index in [0.717, 1.165) is 4.88 Å². The van der Waals surface area contributed by atoms with E-state index in [-0.39, 0.29) is 11.8 Å². The number of ether oxygens (including phenoxy) is 1. The molecule has 6 heteroatoms. The van der Waals surface area contributed by atoms with Crippen LogP contribution in [0.1, 0.15) is 51.6 Å². The fraction of sp³-hybridized carbons (Fsp3) is 0.333. The Bertz CT molecular complexity index is 629. The van der Waals surface area contributed by atoms with Crippen molar-refractivity contribution in [3.05, 3.63) is 38.9 Å². The lowest BCUT2D eigenvalue weighted by molar-refractivity contribution is 0.0528. The SMILES string of the molecule is CCOC(=O)c1cc(C(C)C)sc1NC(=O)c1cccs1. The van der Waals surface area contributed by atoms with Crippen LogP contribution in [0.2, 0.25) is 0 Å². The van der Waals surface area contributed by atoms with Gasteiger partial charge in [-0.3, -0.25) is 4.79 Å². The van der Waals surface area contributed by atoms with Crippen LogP contribution in [0.15, 0.2) is 23.6 Å². The zero-order valence-corrected chi connectivity index (χ0v) is 13.8. The van der Waals surface area contributed by atoms with Gasteiger partial charge >= 0.3 is 5.97 Å². The largest absolute Gasteiger partial charge is 0.462 e. The van der Waals surface area contributed by atoms with Crippen LogP contribution >= 0.6 is 22.7 Å². The Balaban J connectivity index is 2.28. The number of esters is 1. The Kier molecular flexibility index (Phi) is 5.14. The van der Waals surface area contributed by atoms with Gasteiger partial charge in [-0.25, -0.2) is 4.79 Å². The molecule has 0 atom stereocenters. The summed E-state index contributed by atoms with van der Waals surface area (Å²) < 4.78 is 5.05. The van der Waals surface area contributed by atoms with Crippen molar-refractivity contribution < 1.29 is 14.3 Å². The minimum absolute atomic E-state index is 0.201. The average Bonchev–Trinajstić information content (AvgIpc) is 3.08. The summed E-state index contributed by atoms with van der Waals surface area (Å²) in [7, 11) is 0. The number of thiophene rings is 2. The monoisotopic (exact) mass is 323 g/mol. The summed E-state index contributed by atoms with van der Waals surface area (Å²) in [6.45, 7) is 6.17. The minimum atomic E-state index is -0.401. The average molecular weight is 323 g/mol. The van der Waals surface area contributed by atoms with Gasteiger partial charge in [0.05, 0.1) is 17.0 Å². The molecule has 0 saturated heterocycles. The quantitative estimate of drug-likeness (QED) is 0.832. The van der Waals surface area contributed by atoms with Crippen LogP contribution in [0.25, 0.3) is 0 Å². The van der Waals surface area contributed by atoms with Gasteiger partial charge < -0.3 is 10.1 Å². The molecule has 21 heavy (non-hydrogen) atoms. The van der Waals surface area contributed by atoms with E-state index < -0.39 is 5.97 Å². The molecular weight excluding hydrogens is 306 g/mol. The first kappa shape index (κ1) is 15.7. The number of carbonyl (C=O) groups excluding carboxylic acids is 2. The Morgan fingerprint density at radius 1 is 1.38 bits per heavy atom. The summed E-state index contributed by atoms with van der Waals surface area (Å²) in [5.41, 5.74) is 0.426. The van der Waals surface area contributed by atoms with E-state index in [9.17, 15) is 9.59 Å². The minimum Gasteiger partial charge on any atom is -0.462 e. The van der Waals surface area contributed by atoms with Crippen molar-refractivity contribution in [3.8, 4) is 0 Å². The maximum absolute atomic E-state index is 12.1. The zero-order chi connectivity index (χ0) is 15.4. The summed E-state index contributed by atoms with van der Waals surface area (Å²) in [4.78, 5) is 25.8. The van der Waals surface area contributed by atoms with Gasteiger partial charge in [0.1, 0.15) is 5.00 Å². The topological polar surface area (TPSA) is 55.4 Å². The van der Waals surface area contributed by atoms with Gasteiger partial charge in [0.15, 0.2) is 0 Å². The van der Waals surface area contributed by atoms with Gasteiger partial charge in [-0.2, -0.15) is 0 Å². The van der Waals surface area contributed by atoms with Crippen LogP contribution < -0.4 is 5.32 Å². The summed E-state index contributed by atoms with van der Waals surface area (Å²) in [6, 6.07) is 5.37. The van der Waals surface area contributed by atoms with E-state index in [4.69, 9.17) is 4.74 Å². The first-order chi connectivity index (χ1) is 10.0. The van der Waals surface area contributed by atoms with Crippen LogP contribution in [0.4, 0.5) is 5.00 Å². The molecule has 1 N–H and O–H groups in total. The van der Waals surface area contributed by atoms with Crippen LogP contribution in [-0.4, -0.2) is 18.5 Å². The van der Waals surface area contributed by atoms with E-state index >= 15 is 0 Å². The van der Waals surface area contributed by atoms with Crippen molar-refractivity contribution in [2.24, 2.45) is 0 Å². The number of nitrogens with one attached hydrogen (secondary N) is 1. The van der Waals surface area contributed by atoms with Crippen LogP contribution in [0, 0.1) is 0 Å². The molecule has 0 aliphatic rings. The van der Waals surface area contributed by atoms with Crippen LogP contribution in [0.5, 0.6) is 0 Å². The van der Waals surface area contributed by atoms with E-state index in [1.165, 1.54) is 22.7 Å². The molecule has 0 saturated carbocycles. The number of anilines is 1. The third-order valence-corrected chi connectivity index (χ3v) is 5.01. The number of hydrogen-bond donors (Lipinski definition) is 1. The van der Waals surface area contributed by atoms with Gasteiger partial charge in [0, 0.05) is 4.88 Å². The highest BCUT2D eigenvalue weighted by Crippen LogP contribution is 2.33. The van der Waals surface area contributed by atoms with Crippen molar-refractivity contribution in [1.29, 1.82) is 0 Å². The van der Waals surface area contributed by atoms with Gasteiger partial charge in [-0.05, 0) is 30.4 Å². The highest BCUT2D eigenvalue weighted by molar-refractivity contribution is 7.17. The van der Waals surface area contributed by atoms with E-state index in [1.807, 2.05) is 25.3 Å². The zero-order valence-electron chi connectivity index (χ0n) is 12.1. The third-order valence-electron chi connectivity index (χ3n) is 2.79. The van der Waals surface area contributed by atoms with Gasteiger partial charge in [-0.15, -0.1) is 22.7 Å². The first-order valence-electron chi connectivity index (χ1n) is 6.68. The molecule has 4 nitrogen and oxygen atoms in total. The summed E-state index contributed by atoms with van der Waals surface area (Å²) in [5.74, 6) is -0.314. The van der Waals surface area contributed by atoms with Crippen LogP contribution in [0.3, 0.4) is 0 Å². The van der Waals surface area contributed by atoms with E-state index in [2.05, 4.69) is 5.32 Å². The second-order valence-corrected chi connectivity index (χ2v) is 6.73. The maximum atomic E-state index is 12.1. The molecule has 2 aromatic heterocycles. The molecule has 1 amide bonds. The van der Waals surface area contributed by atoms with Crippen molar-refractivity contribution >= 4 is 39.6 Å². The van der Waals surface area contributed by atoms with Gasteiger partial charge in [-0.1, -0.05) is 19.9 Å². The number of hydrogen-bond acceptors (Lipinski definition) is 5.